The van der Waals surface area contributed by atoms with Crippen LogP contribution in [0, 0.1) is 29.6 Å². The minimum atomic E-state index is -0.529. The molecule has 0 aromatic heterocycles. The van der Waals surface area contributed by atoms with E-state index in [9.17, 15) is 14.4 Å². The van der Waals surface area contributed by atoms with Crippen LogP contribution in [0.4, 0.5) is 0 Å². The molecule has 1 aromatic rings. The van der Waals surface area contributed by atoms with Gasteiger partial charge < -0.3 is 10.1 Å². The molecule has 0 heterocycles. The van der Waals surface area contributed by atoms with Gasteiger partial charge in [0.05, 0.1) is 13.0 Å². The normalized spacial score (nSPS) is 22.1. The SMILES string of the molecule is CNC(=O)[C@@H](CC(=O)[C@H]1C(C(=O)NO)[C@@H]1C(C)C)Cc1ccc(OC)cc1. The summed E-state index contributed by atoms with van der Waals surface area (Å²) in [6.45, 7) is 3.90. The van der Waals surface area contributed by atoms with Crippen LogP contribution in [-0.2, 0) is 20.8 Å². The molecule has 0 bridgehead atoms. The first-order valence-electron chi connectivity index (χ1n) is 9.15. The molecule has 1 aromatic carbocycles. The van der Waals surface area contributed by atoms with E-state index in [0.717, 1.165) is 11.3 Å². The van der Waals surface area contributed by atoms with E-state index in [4.69, 9.17) is 9.94 Å². The standard InChI is InChI=1S/C20H28N2O5/c1-11(2)16-17(18(16)20(25)22-26)15(23)10-13(19(24)21-3)9-12-5-7-14(27-4)8-6-12/h5-8,11,13,16-18,26H,9-10H2,1-4H3,(H,21,24)(H,22,25)/t13-,16-,17-,18?/m1/s1. The third-order valence-electron chi connectivity index (χ3n) is 5.34. The third-order valence-corrected chi connectivity index (χ3v) is 5.34. The number of carbonyl (C=O) groups excluding carboxylic acids is 3. The maximum absolute atomic E-state index is 12.8. The summed E-state index contributed by atoms with van der Waals surface area (Å²) in [6.07, 6.45) is 0.486. The molecule has 0 aliphatic heterocycles. The maximum atomic E-state index is 12.8. The van der Waals surface area contributed by atoms with Crippen molar-refractivity contribution < 1.29 is 24.3 Å². The second-order valence-corrected chi connectivity index (χ2v) is 7.38. The number of hydrogen-bond acceptors (Lipinski definition) is 5. The first-order valence-corrected chi connectivity index (χ1v) is 9.15. The van der Waals surface area contributed by atoms with Crippen molar-refractivity contribution in [2.45, 2.75) is 26.7 Å². The summed E-state index contributed by atoms with van der Waals surface area (Å²) < 4.78 is 5.13. The molecule has 4 atom stereocenters. The predicted molar refractivity (Wildman–Crippen MR) is 99.1 cm³/mol. The zero-order chi connectivity index (χ0) is 20.1. The number of ketones is 1. The quantitative estimate of drug-likeness (QED) is 0.448. The molecule has 2 rings (SSSR count). The van der Waals surface area contributed by atoms with Gasteiger partial charge in [0.15, 0.2) is 0 Å². The number of benzene rings is 1. The van der Waals surface area contributed by atoms with Crippen molar-refractivity contribution in [1.82, 2.24) is 10.8 Å². The Morgan fingerprint density at radius 2 is 1.78 bits per heavy atom. The minimum absolute atomic E-state index is 0.0643. The number of ether oxygens (including phenoxy) is 1. The highest BCUT2D eigenvalue weighted by Crippen LogP contribution is 2.52. The molecule has 148 valence electrons. The Balaban J connectivity index is 2.09. The van der Waals surface area contributed by atoms with Crippen LogP contribution in [0.25, 0.3) is 0 Å². The second-order valence-electron chi connectivity index (χ2n) is 7.38. The van der Waals surface area contributed by atoms with Gasteiger partial charge >= 0.3 is 0 Å². The number of methoxy groups -OCH3 is 1. The van der Waals surface area contributed by atoms with Crippen LogP contribution in [0.1, 0.15) is 25.8 Å². The first kappa shape index (κ1) is 20.9. The number of nitrogens with one attached hydrogen (secondary N) is 2. The maximum Gasteiger partial charge on any atom is 0.247 e. The fourth-order valence-corrected chi connectivity index (χ4v) is 3.88. The van der Waals surface area contributed by atoms with E-state index in [1.54, 1.807) is 19.6 Å². The fourth-order valence-electron chi connectivity index (χ4n) is 3.88. The van der Waals surface area contributed by atoms with Gasteiger partial charge in [0.2, 0.25) is 11.8 Å². The highest BCUT2D eigenvalue weighted by atomic mass is 16.5. The number of amides is 2. The van der Waals surface area contributed by atoms with Crippen molar-refractivity contribution in [3.8, 4) is 5.75 Å². The van der Waals surface area contributed by atoms with E-state index in [-0.39, 0.29) is 29.9 Å². The summed E-state index contributed by atoms with van der Waals surface area (Å²) in [5, 5.41) is 11.5. The topological polar surface area (TPSA) is 105 Å². The lowest BCUT2D eigenvalue weighted by Crippen LogP contribution is -2.31. The van der Waals surface area contributed by atoms with E-state index >= 15 is 0 Å². The number of Topliss-reactive ketones (excluding diaryl/α,β-unsaturated/α-hetero) is 1. The number of hydroxylamine groups is 1. The van der Waals surface area contributed by atoms with Crippen LogP contribution in [0.3, 0.4) is 0 Å². The summed E-state index contributed by atoms with van der Waals surface area (Å²) in [7, 11) is 3.13. The Morgan fingerprint density at radius 3 is 2.26 bits per heavy atom. The van der Waals surface area contributed by atoms with Gasteiger partial charge in [0, 0.05) is 25.3 Å². The lowest BCUT2D eigenvalue weighted by Gasteiger charge is -2.15. The molecule has 1 unspecified atom stereocenters. The van der Waals surface area contributed by atoms with Gasteiger partial charge in [-0.1, -0.05) is 26.0 Å². The summed E-state index contributed by atoms with van der Waals surface area (Å²) in [5.74, 6) is -1.55. The van der Waals surface area contributed by atoms with Crippen LogP contribution in [0.5, 0.6) is 5.75 Å². The average Bonchev–Trinajstić information content (AvgIpc) is 3.43. The van der Waals surface area contributed by atoms with Gasteiger partial charge in [-0.25, -0.2) is 5.48 Å². The Kier molecular flexibility index (Phi) is 6.96. The van der Waals surface area contributed by atoms with Crippen LogP contribution in [0.15, 0.2) is 24.3 Å². The van der Waals surface area contributed by atoms with Gasteiger partial charge in [0.1, 0.15) is 11.5 Å². The van der Waals surface area contributed by atoms with Crippen LogP contribution in [0.2, 0.25) is 0 Å². The Morgan fingerprint density at radius 1 is 1.15 bits per heavy atom. The van der Waals surface area contributed by atoms with Crippen molar-refractivity contribution in [1.29, 1.82) is 0 Å². The molecule has 1 fully saturated rings. The molecule has 2 amide bonds. The number of carbonyl (C=O) groups is 3. The van der Waals surface area contributed by atoms with Gasteiger partial charge in [-0.05, 0) is 36.0 Å². The highest BCUT2D eigenvalue weighted by Gasteiger charge is 2.59. The molecule has 1 aliphatic carbocycles. The van der Waals surface area contributed by atoms with E-state index < -0.39 is 23.7 Å². The van der Waals surface area contributed by atoms with Crippen molar-refractivity contribution in [3.63, 3.8) is 0 Å². The average molecular weight is 376 g/mol. The minimum Gasteiger partial charge on any atom is -0.497 e. The van der Waals surface area contributed by atoms with E-state index in [1.807, 2.05) is 38.1 Å². The largest absolute Gasteiger partial charge is 0.497 e. The lowest BCUT2D eigenvalue weighted by atomic mass is 9.91. The van der Waals surface area contributed by atoms with Gasteiger partial charge in [-0.15, -0.1) is 0 Å². The summed E-state index contributed by atoms with van der Waals surface area (Å²) >= 11 is 0. The Bertz CT molecular complexity index is 686. The Labute approximate surface area is 159 Å². The van der Waals surface area contributed by atoms with Gasteiger partial charge in [-0.2, -0.15) is 0 Å². The molecule has 1 saturated carbocycles. The molecule has 3 N–H and O–H groups in total. The molecule has 0 spiro atoms. The highest BCUT2D eigenvalue weighted by molar-refractivity contribution is 5.96. The van der Waals surface area contributed by atoms with Crippen LogP contribution >= 0.6 is 0 Å². The van der Waals surface area contributed by atoms with Crippen LogP contribution in [-0.4, -0.2) is 37.0 Å². The van der Waals surface area contributed by atoms with E-state index in [0.29, 0.717) is 6.42 Å². The molecule has 0 radical (unpaired) electrons. The molecule has 0 saturated heterocycles. The number of hydrogen-bond donors (Lipinski definition) is 3. The van der Waals surface area contributed by atoms with Crippen molar-refractivity contribution in [2.75, 3.05) is 14.2 Å². The summed E-state index contributed by atoms with van der Waals surface area (Å²) in [6, 6.07) is 7.37. The van der Waals surface area contributed by atoms with Gasteiger partial charge in [0.25, 0.3) is 0 Å². The fraction of sp³-hybridized carbons (Fsp3) is 0.550. The summed E-state index contributed by atoms with van der Waals surface area (Å²) in [5.41, 5.74) is 2.58. The first-order chi connectivity index (χ1) is 12.8. The van der Waals surface area contributed by atoms with Crippen molar-refractivity contribution in [2.24, 2.45) is 29.6 Å². The zero-order valence-electron chi connectivity index (χ0n) is 16.2. The molecule has 27 heavy (non-hydrogen) atoms. The zero-order valence-corrected chi connectivity index (χ0v) is 16.2. The smallest absolute Gasteiger partial charge is 0.247 e. The Hall–Kier alpha value is -2.41. The van der Waals surface area contributed by atoms with Gasteiger partial charge in [-0.3, -0.25) is 19.6 Å². The molecule has 7 nitrogen and oxygen atoms in total. The van der Waals surface area contributed by atoms with Crippen molar-refractivity contribution >= 4 is 17.6 Å². The van der Waals surface area contributed by atoms with E-state index in [1.165, 1.54) is 0 Å². The van der Waals surface area contributed by atoms with Crippen LogP contribution < -0.4 is 15.5 Å². The molecular weight excluding hydrogens is 348 g/mol. The molecule has 7 heteroatoms. The lowest BCUT2D eigenvalue weighted by molar-refractivity contribution is -0.133. The van der Waals surface area contributed by atoms with Crippen molar-refractivity contribution in [3.05, 3.63) is 29.8 Å². The predicted octanol–water partition coefficient (Wildman–Crippen LogP) is 1.58. The molecule has 1 aliphatic rings. The third kappa shape index (κ3) is 4.86. The second kappa shape index (κ2) is 8.99. The summed E-state index contributed by atoms with van der Waals surface area (Å²) in [4.78, 5) is 36.9. The molecular formula is C20H28N2O5. The monoisotopic (exact) mass is 376 g/mol. The number of rotatable bonds is 9. The van der Waals surface area contributed by atoms with E-state index in [2.05, 4.69) is 5.32 Å².